The lowest BCUT2D eigenvalue weighted by atomic mass is 9.82. The van der Waals surface area contributed by atoms with Crippen LogP contribution < -0.4 is 16.0 Å². The number of carboxylic acid groups (broad SMARTS) is 1. The Bertz CT molecular complexity index is 1230. The number of hydrogen-bond donors (Lipinski definition) is 1. The highest BCUT2D eigenvalue weighted by molar-refractivity contribution is 6.00. The van der Waals surface area contributed by atoms with Gasteiger partial charge in [0.1, 0.15) is 11.2 Å². The molecule has 1 aliphatic carbocycles. The zero-order valence-electron chi connectivity index (χ0n) is 18.0. The zero-order valence-corrected chi connectivity index (χ0v) is 18.0. The Morgan fingerprint density at radius 2 is 1.77 bits per heavy atom. The second-order valence-corrected chi connectivity index (χ2v) is 8.68. The molecule has 1 saturated carbocycles. The van der Waals surface area contributed by atoms with E-state index in [-0.39, 0.29) is 24.2 Å². The number of aryl methyl sites for hydroxylation is 3. The monoisotopic (exact) mass is 424 g/mol. The smallest absolute Gasteiger partial charge is 0.340 e. The molecule has 0 saturated heterocycles. The van der Waals surface area contributed by atoms with Crippen LogP contribution in [0.3, 0.4) is 0 Å². The van der Waals surface area contributed by atoms with E-state index in [1.54, 1.807) is 6.26 Å². The number of aliphatic carboxylic acids is 1. The van der Waals surface area contributed by atoms with Gasteiger partial charge in [0, 0.05) is 28.8 Å². The standard InChI is InChI=1S/C24H27NO6/c1-12-11-30-21-14(3)22-18(8-17(12)21)13(2)19(24(29)31-22)9-20(26)25-10-15-4-6-16(7-5-15)23(27)28/h8,11,15-16H,4-7,9-10H2,1-3H3,(H,25,26)(H,27,28)/p-1. The van der Waals surface area contributed by atoms with Gasteiger partial charge in [-0.2, -0.15) is 0 Å². The van der Waals surface area contributed by atoms with Crippen molar-refractivity contribution < 1.29 is 23.5 Å². The molecule has 1 aliphatic rings. The first-order chi connectivity index (χ1) is 14.8. The first kappa shape index (κ1) is 21.2. The van der Waals surface area contributed by atoms with Gasteiger partial charge in [-0.15, -0.1) is 0 Å². The van der Waals surface area contributed by atoms with Gasteiger partial charge in [0.15, 0.2) is 0 Å². The predicted molar refractivity (Wildman–Crippen MR) is 114 cm³/mol. The van der Waals surface area contributed by atoms with Gasteiger partial charge in [-0.05, 0) is 75.5 Å². The molecule has 0 atom stereocenters. The minimum atomic E-state index is -0.987. The number of carbonyl (C=O) groups is 2. The summed E-state index contributed by atoms with van der Waals surface area (Å²) in [7, 11) is 0. The topological polar surface area (TPSA) is 113 Å². The molecule has 1 N–H and O–H groups in total. The molecular formula is C24H26NO6-. The van der Waals surface area contributed by atoms with E-state index in [2.05, 4.69) is 5.32 Å². The van der Waals surface area contributed by atoms with Crippen LogP contribution in [0, 0.1) is 32.6 Å². The molecule has 2 heterocycles. The van der Waals surface area contributed by atoms with Crippen molar-refractivity contribution in [3.8, 4) is 0 Å². The normalized spacial score (nSPS) is 19.1. The van der Waals surface area contributed by atoms with Crippen molar-refractivity contribution in [3.63, 3.8) is 0 Å². The minimum absolute atomic E-state index is 0.0556. The molecule has 1 amide bonds. The molecule has 164 valence electrons. The van der Waals surface area contributed by atoms with Crippen molar-refractivity contribution in [2.24, 2.45) is 11.8 Å². The third kappa shape index (κ3) is 3.96. The van der Waals surface area contributed by atoms with Crippen LogP contribution in [0.5, 0.6) is 0 Å². The Balaban J connectivity index is 1.51. The summed E-state index contributed by atoms with van der Waals surface area (Å²) in [5.74, 6) is -1.37. The second-order valence-electron chi connectivity index (χ2n) is 8.68. The van der Waals surface area contributed by atoms with Gasteiger partial charge in [-0.25, -0.2) is 4.79 Å². The molecule has 0 aliphatic heterocycles. The Labute approximate surface area is 179 Å². The van der Waals surface area contributed by atoms with Gasteiger partial charge >= 0.3 is 5.63 Å². The molecule has 0 radical (unpaired) electrons. The predicted octanol–water partition coefficient (Wildman–Crippen LogP) is 2.68. The maximum atomic E-state index is 12.7. The van der Waals surface area contributed by atoms with Crippen LogP contribution in [0.2, 0.25) is 0 Å². The molecule has 2 aromatic heterocycles. The van der Waals surface area contributed by atoms with E-state index in [0.717, 1.165) is 40.3 Å². The Kier molecular flexibility index (Phi) is 5.60. The second kappa shape index (κ2) is 8.21. The lowest BCUT2D eigenvalue weighted by Crippen LogP contribution is -2.37. The maximum Gasteiger partial charge on any atom is 0.340 e. The van der Waals surface area contributed by atoms with Crippen LogP contribution in [-0.2, 0) is 16.0 Å². The third-order valence-electron chi connectivity index (χ3n) is 6.64. The number of rotatable bonds is 5. The number of carbonyl (C=O) groups excluding carboxylic acids is 2. The summed E-state index contributed by atoms with van der Waals surface area (Å²) in [6.07, 6.45) is 4.28. The molecule has 1 fully saturated rings. The van der Waals surface area contributed by atoms with Crippen molar-refractivity contribution >= 4 is 33.8 Å². The largest absolute Gasteiger partial charge is 0.550 e. The van der Waals surface area contributed by atoms with Crippen molar-refractivity contribution in [3.05, 3.63) is 45.0 Å². The molecule has 0 spiro atoms. The van der Waals surface area contributed by atoms with Crippen LogP contribution in [-0.4, -0.2) is 18.4 Å². The molecule has 4 rings (SSSR count). The fourth-order valence-electron chi connectivity index (χ4n) is 4.61. The van der Waals surface area contributed by atoms with E-state index < -0.39 is 11.6 Å². The summed E-state index contributed by atoms with van der Waals surface area (Å²) in [4.78, 5) is 36.2. The van der Waals surface area contributed by atoms with Crippen molar-refractivity contribution in [2.75, 3.05) is 6.54 Å². The van der Waals surface area contributed by atoms with Gasteiger partial charge < -0.3 is 24.1 Å². The van der Waals surface area contributed by atoms with Crippen molar-refractivity contribution in [2.45, 2.75) is 52.9 Å². The fraction of sp³-hybridized carbons (Fsp3) is 0.458. The number of benzene rings is 1. The third-order valence-corrected chi connectivity index (χ3v) is 6.64. The number of furan rings is 1. The van der Waals surface area contributed by atoms with Crippen LogP contribution in [0.1, 0.15) is 47.9 Å². The number of hydrogen-bond acceptors (Lipinski definition) is 6. The van der Waals surface area contributed by atoms with Gasteiger partial charge in [-0.3, -0.25) is 4.79 Å². The van der Waals surface area contributed by atoms with E-state index >= 15 is 0 Å². The summed E-state index contributed by atoms with van der Waals surface area (Å²) in [5.41, 5.74) is 3.53. The van der Waals surface area contributed by atoms with E-state index in [4.69, 9.17) is 8.83 Å². The molecule has 7 heteroatoms. The average molecular weight is 424 g/mol. The molecule has 1 aromatic carbocycles. The summed E-state index contributed by atoms with van der Waals surface area (Å²) in [6.45, 7) is 6.13. The van der Waals surface area contributed by atoms with Crippen LogP contribution >= 0.6 is 0 Å². The first-order valence-corrected chi connectivity index (χ1v) is 10.7. The van der Waals surface area contributed by atoms with Gasteiger partial charge in [0.05, 0.1) is 18.2 Å². The molecule has 7 nitrogen and oxygen atoms in total. The summed E-state index contributed by atoms with van der Waals surface area (Å²) >= 11 is 0. The molecule has 0 bridgehead atoms. The van der Waals surface area contributed by atoms with Crippen LogP contribution in [0.25, 0.3) is 21.9 Å². The first-order valence-electron chi connectivity index (χ1n) is 10.7. The van der Waals surface area contributed by atoms with Crippen molar-refractivity contribution in [1.82, 2.24) is 5.32 Å². The molecule has 0 unspecified atom stereocenters. The molecule has 3 aromatic rings. The van der Waals surface area contributed by atoms with Crippen LogP contribution in [0.15, 0.2) is 26.0 Å². The minimum Gasteiger partial charge on any atom is -0.550 e. The zero-order chi connectivity index (χ0) is 22.3. The highest BCUT2D eigenvalue weighted by Crippen LogP contribution is 2.32. The highest BCUT2D eigenvalue weighted by Gasteiger charge is 2.23. The fourth-order valence-corrected chi connectivity index (χ4v) is 4.61. The van der Waals surface area contributed by atoms with Gasteiger partial charge in [-0.1, -0.05) is 0 Å². The van der Waals surface area contributed by atoms with E-state index in [1.807, 2.05) is 26.8 Å². The Morgan fingerprint density at radius 3 is 2.45 bits per heavy atom. The highest BCUT2D eigenvalue weighted by atomic mass is 16.4. The number of fused-ring (bicyclic) bond motifs is 2. The van der Waals surface area contributed by atoms with E-state index in [0.29, 0.717) is 36.1 Å². The van der Waals surface area contributed by atoms with E-state index in [1.165, 1.54) is 0 Å². The lowest BCUT2D eigenvalue weighted by Gasteiger charge is -2.29. The quantitative estimate of drug-likeness (QED) is 0.630. The SMILES string of the molecule is Cc1coc2c(C)c3oc(=O)c(CC(=O)NCC4CCC(C(=O)[O-])CC4)c(C)c3cc12. The van der Waals surface area contributed by atoms with Crippen LogP contribution in [0.4, 0.5) is 0 Å². The van der Waals surface area contributed by atoms with Gasteiger partial charge in [0.2, 0.25) is 5.91 Å². The molecule has 31 heavy (non-hydrogen) atoms. The summed E-state index contributed by atoms with van der Waals surface area (Å²) in [5, 5.41) is 15.6. The Hall–Kier alpha value is -3.09. The summed E-state index contributed by atoms with van der Waals surface area (Å²) in [6, 6.07) is 1.95. The average Bonchev–Trinajstić information content (AvgIpc) is 3.12. The Morgan fingerprint density at radius 1 is 1.06 bits per heavy atom. The maximum absolute atomic E-state index is 12.7. The van der Waals surface area contributed by atoms with E-state index in [9.17, 15) is 19.5 Å². The number of amides is 1. The number of nitrogens with one attached hydrogen (secondary N) is 1. The van der Waals surface area contributed by atoms with Gasteiger partial charge in [0.25, 0.3) is 0 Å². The summed E-state index contributed by atoms with van der Waals surface area (Å²) < 4.78 is 11.2. The van der Waals surface area contributed by atoms with Crippen molar-refractivity contribution in [1.29, 1.82) is 0 Å². The number of carboxylic acids is 1. The molecular weight excluding hydrogens is 398 g/mol. The lowest BCUT2D eigenvalue weighted by molar-refractivity contribution is -0.312.